The van der Waals surface area contributed by atoms with Gasteiger partial charge in [0.25, 0.3) is 5.91 Å². The van der Waals surface area contributed by atoms with Crippen LogP contribution >= 0.6 is 11.6 Å². The second kappa shape index (κ2) is 5.58. The van der Waals surface area contributed by atoms with E-state index in [2.05, 4.69) is 10.2 Å². The quantitative estimate of drug-likeness (QED) is 0.805. The molecule has 2 aromatic carbocycles. The van der Waals surface area contributed by atoms with Crippen molar-refractivity contribution < 1.29 is 4.79 Å². The van der Waals surface area contributed by atoms with Gasteiger partial charge >= 0.3 is 0 Å². The minimum absolute atomic E-state index is 0.0496. The van der Waals surface area contributed by atoms with Gasteiger partial charge in [0.2, 0.25) is 0 Å². The van der Waals surface area contributed by atoms with Gasteiger partial charge in [0.1, 0.15) is 0 Å². The van der Waals surface area contributed by atoms with Crippen molar-refractivity contribution in [1.82, 2.24) is 15.1 Å². The molecule has 21 heavy (non-hydrogen) atoms. The number of hydrogen-bond donors (Lipinski definition) is 1. The van der Waals surface area contributed by atoms with Crippen molar-refractivity contribution >= 4 is 28.4 Å². The molecule has 0 bridgehead atoms. The lowest BCUT2D eigenvalue weighted by Gasteiger charge is -2.18. The maximum atomic E-state index is 12.5. The summed E-state index contributed by atoms with van der Waals surface area (Å²) in [4.78, 5) is 14.1. The predicted molar refractivity (Wildman–Crippen MR) is 83.3 cm³/mol. The first-order chi connectivity index (χ1) is 10.1. The van der Waals surface area contributed by atoms with Gasteiger partial charge in [0.05, 0.1) is 11.7 Å². The molecule has 0 aliphatic rings. The van der Waals surface area contributed by atoms with Crippen LogP contribution in [0.1, 0.15) is 15.9 Å². The highest BCUT2D eigenvalue weighted by atomic mass is 35.5. The van der Waals surface area contributed by atoms with Gasteiger partial charge in [-0.15, -0.1) is 0 Å². The van der Waals surface area contributed by atoms with Gasteiger partial charge in [-0.05, 0) is 23.8 Å². The first-order valence-corrected chi connectivity index (χ1v) is 6.95. The zero-order chi connectivity index (χ0) is 14.8. The van der Waals surface area contributed by atoms with E-state index in [9.17, 15) is 4.79 Å². The summed E-state index contributed by atoms with van der Waals surface area (Å²) in [6.07, 6.45) is 1.73. The number of amides is 1. The van der Waals surface area contributed by atoms with Crippen molar-refractivity contribution in [2.24, 2.45) is 0 Å². The normalized spacial score (nSPS) is 10.8. The van der Waals surface area contributed by atoms with Crippen LogP contribution in [0.5, 0.6) is 0 Å². The Kier molecular flexibility index (Phi) is 3.62. The Morgan fingerprint density at radius 2 is 2.10 bits per heavy atom. The molecule has 0 atom stereocenters. The molecule has 106 valence electrons. The van der Waals surface area contributed by atoms with Gasteiger partial charge in [-0.2, -0.15) is 5.10 Å². The lowest BCUT2D eigenvalue weighted by molar-refractivity contribution is 0.0785. The first kappa shape index (κ1) is 13.6. The molecule has 0 saturated carbocycles. The zero-order valence-corrected chi connectivity index (χ0v) is 12.3. The third kappa shape index (κ3) is 2.76. The largest absolute Gasteiger partial charge is 0.337 e. The van der Waals surface area contributed by atoms with Crippen molar-refractivity contribution in [2.45, 2.75) is 6.54 Å². The van der Waals surface area contributed by atoms with E-state index < -0.39 is 0 Å². The number of aromatic amines is 1. The Labute approximate surface area is 127 Å². The van der Waals surface area contributed by atoms with Crippen molar-refractivity contribution in [3.8, 4) is 0 Å². The standard InChI is InChI=1S/C16H14ClN3O/c1-20(10-13-4-2-3-5-14(13)17)16(21)11-6-7-12-9-18-19-15(12)8-11/h2-9H,10H2,1H3,(H,18,19). The zero-order valence-electron chi connectivity index (χ0n) is 11.5. The molecule has 4 nitrogen and oxygen atoms in total. The van der Waals surface area contributed by atoms with Crippen LogP contribution in [-0.4, -0.2) is 28.1 Å². The maximum absolute atomic E-state index is 12.5. The van der Waals surface area contributed by atoms with E-state index in [1.807, 2.05) is 42.5 Å². The second-order valence-corrected chi connectivity index (χ2v) is 5.33. The minimum Gasteiger partial charge on any atom is -0.337 e. The van der Waals surface area contributed by atoms with E-state index in [0.29, 0.717) is 17.1 Å². The summed E-state index contributed by atoms with van der Waals surface area (Å²) in [7, 11) is 1.77. The lowest BCUT2D eigenvalue weighted by atomic mass is 10.1. The number of fused-ring (bicyclic) bond motifs is 1. The number of carbonyl (C=O) groups is 1. The van der Waals surface area contributed by atoms with Crippen molar-refractivity contribution in [3.63, 3.8) is 0 Å². The van der Waals surface area contributed by atoms with Crippen LogP contribution in [-0.2, 0) is 6.54 Å². The van der Waals surface area contributed by atoms with Crippen molar-refractivity contribution in [3.05, 3.63) is 64.8 Å². The number of halogens is 1. The predicted octanol–water partition coefficient (Wildman–Crippen LogP) is 3.49. The van der Waals surface area contributed by atoms with Gasteiger partial charge in [-0.3, -0.25) is 9.89 Å². The highest BCUT2D eigenvalue weighted by Gasteiger charge is 2.14. The molecule has 0 spiro atoms. The fraction of sp³-hybridized carbons (Fsp3) is 0.125. The molecule has 0 saturated heterocycles. The molecular formula is C16H14ClN3O. The number of carbonyl (C=O) groups excluding carboxylic acids is 1. The molecule has 1 amide bonds. The lowest BCUT2D eigenvalue weighted by Crippen LogP contribution is -2.26. The van der Waals surface area contributed by atoms with Gasteiger partial charge in [-0.1, -0.05) is 35.9 Å². The number of hydrogen-bond acceptors (Lipinski definition) is 2. The van der Waals surface area contributed by atoms with Gasteiger partial charge in [0, 0.05) is 29.6 Å². The Morgan fingerprint density at radius 3 is 2.90 bits per heavy atom. The summed E-state index contributed by atoms with van der Waals surface area (Å²) < 4.78 is 0. The van der Waals surface area contributed by atoms with Crippen LogP contribution < -0.4 is 0 Å². The van der Waals surface area contributed by atoms with Crippen LogP contribution in [0.25, 0.3) is 10.9 Å². The molecule has 5 heteroatoms. The molecule has 0 radical (unpaired) electrons. The monoisotopic (exact) mass is 299 g/mol. The molecule has 1 N–H and O–H groups in total. The number of H-pyrrole nitrogens is 1. The van der Waals surface area contributed by atoms with Crippen LogP contribution in [0.3, 0.4) is 0 Å². The summed E-state index contributed by atoms with van der Waals surface area (Å²) >= 11 is 6.13. The number of benzene rings is 2. The van der Waals surface area contributed by atoms with E-state index in [0.717, 1.165) is 16.5 Å². The molecular weight excluding hydrogens is 286 g/mol. The molecule has 0 unspecified atom stereocenters. The molecule has 0 aliphatic heterocycles. The molecule has 1 heterocycles. The highest BCUT2D eigenvalue weighted by Crippen LogP contribution is 2.19. The first-order valence-electron chi connectivity index (χ1n) is 6.57. The molecule has 1 aromatic heterocycles. The smallest absolute Gasteiger partial charge is 0.253 e. The van der Waals surface area contributed by atoms with Gasteiger partial charge < -0.3 is 4.90 Å². The second-order valence-electron chi connectivity index (χ2n) is 4.92. The Bertz CT molecular complexity index is 797. The minimum atomic E-state index is -0.0496. The molecule has 3 aromatic rings. The van der Waals surface area contributed by atoms with Crippen LogP contribution in [0.4, 0.5) is 0 Å². The summed E-state index contributed by atoms with van der Waals surface area (Å²) in [6, 6.07) is 13.0. The fourth-order valence-corrected chi connectivity index (χ4v) is 2.44. The third-order valence-electron chi connectivity index (χ3n) is 3.40. The Balaban J connectivity index is 1.82. The molecule has 0 fully saturated rings. The Hall–Kier alpha value is -2.33. The topological polar surface area (TPSA) is 49.0 Å². The van der Waals surface area contributed by atoms with Crippen LogP contribution in [0, 0.1) is 0 Å². The summed E-state index contributed by atoms with van der Waals surface area (Å²) in [5.41, 5.74) is 2.41. The SMILES string of the molecule is CN(Cc1ccccc1Cl)C(=O)c1ccc2cn[nH]c2c1. The molecule has 3 rings (SSSR count). The van der Waals surface area contributed by atoms with Crippen LogP contribution in [0.2, 0.25) is 5.02 Å². The number of aromatic nitrogens is 2. The number of nitrogens with zero attached hydrogens (tertiary/aromatic N) is 2. The summed E-state index contributed by atoms with van der Waals surface area (Å²) in [6.45, 7) is 0.472. The summed E-state index contributed by atoms with van der Waals surface area (Å²) in [5, 5.41) is 8.48. The maximum Gasteiger partial charge on any atom is 0.253 e. The van der Waals surface area contributed by atoms with Crippen molar-refractivity contribution in [2.75, 3.05) is 7.05 Å². The number of nitrogens with one attached hydrogen (secondary N) is 1. The molecule has 0 aliphatic carbocycles. The van der Waals surface area contributed by atoms with Gasteiger partial charge in [0.15, 0.2) is 0 Å². The average molecular weight is 300 g/mol. The van der Waals surface area contributed by atoms with E-state index in [-0.39, 0.29) is 5.91 Å². The fourth-order valence-electron chi connectivity index (χ4n) is 2.24. The van der Waals surface area contributed by atoms with E-state index in [1.54, 1.807) is 18.1 Å². The van der Waals surface area contributed by atoms with Crippen molar-refractivity contribution in [1.29, 1.82) is 0 Å². The average Bonchev–Trinajstić information content (AvgIpc) is 2.96. The third-order valence-corrected chi connectivity index (χ3v) is 3.77. The van der Waals surface area contributed by atoms with Gasteiger partial charge in [-0.25, -0.2) is 0 Å². The van der Waals surface area contributed by atoms with Crippen LogP contribution in [0.15, 0.2) is 48.7 Å². The van der Waals surface area contributed by atoms with E-state index in [4.69, 9.17) is 11.6 Å². The summed E-state index contributed by atoms with van der Waals surface area (Å²) in [5.74, 6) is -0.0496. The number of rotatable bonds is 3. The van der Waals surface area contributed by atoms with E-state index >= 15 is 0 Å². The highest BCUT2D eigenvalue weighted by molar-refractivity contribution is 6.31. The Morgan fingerprint density at radius 1 is 1.29 bits per heavy atom. The van der Waals surface area contributed by atoms with E-state index in [1.165, 1.54) is 0 Å².